The lowest BCUT2D eigenvalue weighted by Crippen LogP contribution is -2.20. The fourth-order valence-electron chi connectivity index (χ4n) is 4.51. The van der Waals surface area contributed by atoms with E-state index < -0.39 is 5.97 Å². The number of rotatable bonds is 6. The van der Waals surface area contributed by atoms with Gasteiger partial charge in [0.05, 0.1) is 12.6 Å². The molecule has 0 N–H and O–H groups in total. The summed E-state index contributed by atoms with van der Waals surface area (Å²) in [6.45, 7) is 2.31. The Morgan fingerprint density at radius 3 is 2.52 bits per heavy atom. The van der Waals surface area contributed by atoms with Crippen LogP contribution in [0.25, 0.3) is 23.1 Å². The lowest BCUT2D eigenvalue weighted by Gasteiger charge is -2.28. The summed E-state index contributed by atoms with van der Waals surface area (Å²) in [5.74, 6) is 2.64. The maximum atomic E-state index is 12.2. The molecule has 7 nitrogen and oxygen atoms in total. The molecule has 0 radical (unpaired) electrons. The Morgan fingerprint density at radius 1 is 1.06 bits per heavy atom. The molecule has 0 saturated heterocycles. The van der Waals surface area contributed by atoms with Gasteiger partial charge in [-0.15, -0.1) is 0 Å². The van der Waals surface area contributed by atoms with E-state index in [1.807, 2.05) is 43.3 Å². The molecule has 172 valence electrons. The summed E-state index contributed by atoms with van der Waals surface area (Å²) in [7, 11) is 5.29. The smallest absolute Gasteiger partial charge is 0.356 e. The first-order valence-corrected chi connectivity index (χ1v) is 11.5. The molecule has 3 aromatic rings. The number of esters is 1. The van der Waals surface area contributed by atoms with Crippen molar-refractivity contribution in [1.29, 1.82) is 0 Å². The zero-order valence-corrected chi connectivity index (χ0v) is 19.8. The molecule has 0 aliphatic heterocycles. The van der Waals surface area contributed by atoms with E-state index in [2.05, 4.69) is 16.9 Å². The van der Waals surface area contributed by atoms with Gasteiger partial charge in [0, 0.05) is 25.2 Å². The number of para-hydroxylation sites is 1. The van der Waals surface area contributed by atoms with E-state index in [4.69, 9.17) is 14.7 Å². The lowest BCUT2D eigenvalue weighted by atomic mass is 9.78. The van der Waals surface area contributed by atoms with Crippen LogP contribution >= 0.6 is 0 Å². The van der Waals surface area contributed by atoms with Crippen LogP contribution in [0.2, 0.25) is 0 Å². The predicted octanol–water partition coefficient (Wildman–Crippen LogP) is 4.81. The van der Waals surface area contributed by atoms with Gasteiger partial charge in [0.2, 0.25) is 0 Å². The van der Waals surface area contributed by atoms with Crippen LogP contribution in [0.5, 0.6) is 0 Å². The number of anilines is 1. The number of nitrogens with zero attached hydrogens (tertiary/aromatic N) is 5. The van der Waals surface area contributed by atoms with Crippen molar-refractivity contribution in [3.63, 3.8) is 0 Å². The van der Waals surface area contributed by atoms with Crippen molar-refractivity contribution in [2.45, 2.75) is 39.0 Å². The van der Waals surface area contributed by atoms with Gasteiger partial charge in [-0.2, -0.15) is 0 Å². The molecular formula is C26H31N5O2. The van der Waals surface area contributed by atoms with Crippen molar-refractivity contribution in [3.8, 4) is 0 Å². The Morgan fingerprint density at radius 2 is 1.79 bits per heavy atom. The highest BCUT2D eigenvalue weighted by atomic mass is 16.5. The number of methoxy groups -OCH3 is 1. The number of aromatic nitrogens is 4. The Labute approximate surface area is 194 Å². The minimum atomic E-state index is -0.457. The van der Waals surface area contributed by atoms with Gasteiger partial charge in [-0.05, 0) is 55.0 Å². The van der Waals surface area contributed by atoms with E-state index in [1.54, 1.807) is 18.2 Å². The molecule has 1 aromatic carbocycles. The molecule has 1 aliphatic carbocycles. The minimum Gasteiger partial charge on any atom is -0.464 e. The summed E-state index contributed by atoms with van der Waals surface area (Å²) in [6.07, 6.45) is 9.40. The van der Waals surface area contributed by atoms with Crippen LogP contribution in [0.3, 0.4) is 0 Å². The zero-order valence-electron chi connectivity index (χ0n) is 19.8. The minimum absolute atomic E-state index is 0.277. The Balaban J connectivity index is 1.67. The molecule has 2 heterocycles. The summed E-state index contributed by atoms with van der Waals surface area (Å²) < 4.78 is 4.93. The van der Waals surface area contributed by atoms with Crippen molar-refractivity contribution < 1.29 is 9.53 Å². The van der Waals surface area contributed by atoms with Gasteiger partial charge in [0.15, 0.2) is 17.3 Å². The maximum Gasteiger partial charge on any atom is 0.356 e. The molecule has 33 heavy (non-hydrogen) atoms. The molecule has 4 rings (SSSR count). The fourth-order valence-corrected chi connectivity index (χ4v) is 4.51. The summed E-state index contributed by atoms with van der Waals surface area (Å²) in [5, 5.41) is 0.993. The lowest BCUT2D eigenvalue weighted by molar-refractivity contribution is 0.0593. The second kappa shape index (κ2) is 10.1. The van der Waals surface area contributed by atoms with E-state index in [-0.39, 0.29) is 5.69 Å². The fraction of sp³-hybridized carbons (Fsp3) is 0.423. The average molecular weight is 446 g/mol. The van der Waals surface area contributed by atoms with Crippen LogP contribution in [0.4, 0.5) is 5.82 Å². The van der Waals surface area contributed by atoms with Crippen LogP contribution in [0, 0.1) is 11.8 Å². The number of carbonyl (C=O) groups excluding carboxylic acids is 1. The van der Waals surface area contributed by atoms with Crippen LogP contribution < -0.4 is 4.90 Å². The van der Waals surface area contributed by atoms with E-state index in [1.165, 1.54) is 32.8 Å². The number of hydrogen-bond donors (Lipinski definition) is 0. The maximum absolute atomic E-state index is 12.2. The van der Waals surface area contributed by atoms with Crippen LogP contribution in [-0.4, -0.2) is 47.1 Å². The van der Waals surface area contributed by atoms with Crippen molar-refractivity contribution >= 4 is 34.8 Å². The van der Waals surface area contributed by atoms with Gasteiger partial charge in [0.1, 0.15) is 5.82 Å². The SMILES string of the molecule is COC(=O)c1cc(CC2CCCCC2C)nc(C=Cc2nc(N(C)C)c3ccccc3n2)n1. The van der Waals surface area contributed by atoms with Crippen LogP contribution in [0.15, 0.2) is 30.3 Å². The monoisotopic (exact) mass is 445 g/mol. The van der Waals surface area contributed by atoms with Gasteiger partial charge in [-0.1, -0.05) is 38.3 Å². The summed E-state index contributed by atoms with van der Waals surface area (Å²) in [5.41, 5.74) is 2.02. The molecular weight excluding hydrogens is 414 g/mol. The Hall–Kier alpha value is -3.35. The standard InChI is InChI=1S/C26H31N5O2/c1-17-9-5-6-10-18(17)15-19-16-22(26(32)33-4)29-23(27-19)13-14-24-28-21-12-8-7-11-20(21)25(30-24)31(2)3/h7-8,11-14,16-18H,5-6,9-10,15H2,1-4H3. The molecule has 0 amide bonds. The first kappa shape index (κ1) is 22.8. The second-order valence-electron chi connectivity index (χ2n) is 8.97. The van der Waals surface area contributed by atoms with E-state index in [0.29, 0.717) is 23.5 Å². The molecule has 7 heteroatoms. The zero-order chi connectivity index (χ0) is 23.4. The highest BCUT2D eigenvalue weighted by molar-refractivity contribution is 5.90. The van der Waals surface area contributed by atoms with Gasteiger partial charge in [-0.25, -0.2) is 24.7 Å². The van der Waals surface area contributed by atoms with Crippen molar-refractivity contribution in [3.05, 3.63) is 53.4 Å². The molecule has 0 spiro atoms. The van der Waals surface area contributed by atoms with Crippen molar-refractivity contribution in [1.82, 2.24) is 19.9 Å². The Bertz CT molecular complexity index is 1170. The topological polar surface area (TPSA) is 81.1 Å². The Kier molecular flexibility index (Phi) is 6.96. The third kappa shape index (κ3) is 5.35. The normalized spacial score (nSPS) is 18.5. The molecule has 0 bridgehead atoms. The van der Waals surface area contributed by atoms with Gasteiger partial charge < -0.3 is 9.64 Å². The number of fused-ring (bicyclic) bond motifs is 1. The highest BCUT2D eigenvalue weighted by Gasteiger charge is 2.23. The van der Waals surface area contributed by atoms with E-state index >= 15 is 0 Å². The number of ether oxygens (including phenoxy) is 1. The molecule has 1 fully saturated rings. The largest absolute Gasteiger partial charge is 0.464 e. The van der Waals surface area contributed by atoms with E-state index in [9.17, 15) is 4.79 Å². The predicted molar refractivity (Wildman–Crippen MR) is 131 cm³/mol. The quantitative estimate of drug-likeness (QED) is 0.504. The molecule has 1 saturated carbocycles. The first-order chi connectivity index (χ1) is 15.9. The second-order valence-corrected chi connectivity index (χ2v) is 8.97. The first-order valence-electron chi connectivity index (χ1n) is 11.5. The highest BCUT2D eigenvalue weighted by Crippen LogP contribution is 2.32. The molecule has 2 aromatic heterocycles. The number of carbonyl (C=O) groups is 1. The number of benzene rings is 1. The van der Waals surface area contributed by atoms with Gasteiger partial charge in [0.25, 0.3) is 0 Å². The van der Waals surface area contributed by atoms with E-state index in [0.717, 1.165) is 28.8 Å². The third-order valence-electron chi connectivity index (χ3n) is 6.36. The summed E-state index contributed by atoms with van der Waals surface area (Å²) in [4.78, 5) is 32.7. The van der Waals surface area contributed by atoms with Crippen molar-refractivity contribution in [2.24, 2.45) is 11.8 Å². The van der Waals surface area contributed by atoms with Gasteiger partial charge in [-0.3, -0.25) is 0 Å². The molecule has 2 atom stereocenters. The van der Waals surface area contributed by atoms with Crippen molar-refractivity contribution in [2.75, 3.05) is 26.1 Å². The summed E-state index contributed by atoms with van der Waals surface area (Å²) >= 11 is 0. The third-order valence-corrected chi connectivity index (χ3v) is 6.36. The molecule has 2 unspecified atom stereocenters. The molecule has 1 aliphatic rings. The van der Waals surface area contributed by atoms with Gasteiger partial charge >= 0.3 is 5.97 Å². The average Bonchev–Trinajstić information content (AvgIpc) is 2.83. The van der Waals surface area contributed by atoms with Crippen LogP contribution in [-0.2, 0) is 11.2 Å². The van der Waals surface area contributed by atoms with Crippen LogP contribution in [0.1, 0.15) is 60.4 Å². The summed E-state index contributed by atoms with van der Waals surface area (Å²) in [6, 6.07) is 9.69. The number of hydrogen-bond acceptors (Lipinski definition) is 7.